The number of rotatable bonds is 5. The van der Waals surface area contributed by atoms with Crippen LogP contribution in [0.3, 0.4) is 0 Å². The molecule has 2 N–H and O–H groups in total. The van der Waals surface area contributed by atoms with Crippen molar-refractivity contribution >= 4 is 27.6 Å². The summed E-state index contributed by atoms with van der Waals surface area (Å²) in [6.07, 6.45) is 2.00. The Bertz CT molecular complexity index is 1400. The van der Waals surface area contributed by atoms with Gasteiger partial charge in [-0.3, -0.25) is 9.13 Å². The van der Waals surface area contributed by atoms with E-state index in [4.69, 9.17) is 5.73 Å². The predicted octanol–water partition coefficient (Wildman–Crippen LogP) is 4.46. The van der Waals surface area contributed by atoms with Crippen molar-refractivity contribution in [2.45, 2.75) is 26.6 Å². The van der Waals surface area contributed by atoms with E-state index in [1.807, 2.05) is 58.7 Å². The number of para-hydroxylation sites is 3. The molecule has 2 heterocycles. The molecule has 0 unspecified atom stereocenters. The quantitative estimate of drug-likeness (QED) is 0.477. The SMILES string of the molecule is CCn1c(=O)n(Cc2ccc(Cn3cc(N)c4ccccc43)cc2)c2ccccc21. The first kappa shape index (κ1) is 18.3. The smallest absolute Gasteiger partial charge is 0.329 e. The maximum Gasteiger partial charge on any atom is 0.329 e. The Balaban J connectivity index is 1.43. The molecule has 3 aromatic carbocycles. The van der Waals surface area contributed by atoms with Gasteiger partial charge in [0.25, 0.3) is 0 Å². The maximum absolute atomic E-state index is 12.9. The fourth-order valence-electron chi connectivity index (χ4n) is 4.27. The molecule has 0 amide bonds. The van der Waals surface area contributed by atoms with Crippen molar-refractivity contribution in [2.75, 3.05) is 5.73 Å². The van der Waals surface area contributed by atoms with E-state index < -0.39 is 0 Å². The second kappa shape index (κ2) is 7.26. The van der Waals surface area contributed by atoms with Gasteiger partial charge in [-0.15, -0.1) is 0 Å². The highest BCUT2D eigenvalue weighted by Crippen LogP contribution is 2.24. The number of nitrogens with zero attached hydrogens (tertiary/aromatic N) is 3. The second-order valence-corrected chi connectivity index (χ2v) is 7.65. The molecule has 5 rings (SSSR count). The van der Waals surface area contributed by atoms with Gasteiger partial charge in [0.2, 0.25) is 0 Å². The number of nitrogens with two attached hydrogens (primary N) is 1. The second-order valence-electron chi connectivity index (χ2n) is 7.65. The molecule has 0 radical (unpaired) electrons. The van der Waals surface area contributed by atoms with E-state index in [1.165, 1.54) is 5.56 Å². The number of hydrogen-bond acceptors (Lipinski definition) is 2. The minimum atomic E-state index is 0.0389. The fraction of sp³-hybridized carbons (Fsp3) is 0.160. The third-order valence-electron chi connectivity index (χ3n) is 5.78. The van der Waals surface area contributed by atoms with Gasteiger partial charge in [-0.2, -0.15) is 0 Å². The lowest BCUT2D eigenvalue weighted by Crippen LogP contribution is -2.24. The molecule has 0 spiro atoms. The number of benzene rings is 3. The summed E-state index contributed by atoms with van der Waals surface area (Å²) in [5.74, 6) is 0. The Morgan fingerprint density at radius 3 is 1.97 bits per heavy atom. The Kier molecular flexibility index (Phi) is 4.43. The van der Waals surface area contributed by atoms with Gasteiger partial charge in [0, 0.05) is 24.7 Å². The first-order valence-electron chi connectivity index (χ1n) is 10.2. The van der Waals surface area contributed by atoms with Gasteiger partial charge in [-0.25, -0.2) is 4.79 Å². The van der Waals surface area contributed by atoms with Crippen molar-refractivity contribution in [3.63, 3.8) is 0 Å². The van der Waals surface area contributed by atoms with Gasteiger partial charge >= 0.3 is 5.69 Å². The molecule has 0 atom stereocenters. The van der Waals surface area contributed by atoms with Crippen LogP contribution in [-0.4, -0.2) is 13.7 Å². The van der Waals surface area contributed by atoms with E-state index in [1.54, 1.807) is 0 Å². The average Bonchev–Trinajstić information content (AvgIpc) is 3.23. The molecule has 5 heteroatoms. The van der Waals surface area contributed by atoms with Gasteiger partial charge in [0.05, 0.1) is 28.8 Å². The number of anilines is 1. The van der Waals surface area contributed by atoms with E-state index in [-0.39, 0.29) is 5.69 Å². The zero-order chi connectivity index (χ0) is 20.7. The summed E-state index contributed by atoms with van der Waals surface area (Å²) in [7, 11) is 0. The molecule has 0 bridgehead atoms. The Morgan fingerprint density at radius 1 is 0.733 bits per heavy atom. The Labute approximate surface area is 174 Å². The lowest BCUT2D eigenvalue weighted by Gasteiger charge is -2.08. The highest BCUT2D eigenvalue weighted by atomic mass is 16.1. The molecule has 0 aliphatic heterocycles. The Morgan fingerprint density at radius 2 is 1.30 bits per heavy atom. The van der Waals surface area contributed by atoms with Gasteiger partial charge in [0.15, 0.2) is 0 Å². The van der Waals surface area contributed by atoms with E-state index >= 15 is 0 Å². The van der Waals surface area contributed by atoms with Gasteiger partial charge in [-0.1, -0.05) is 54.6 Å². The fourth-order valence-corrected chi connectivity index (χ4v) is 4.27. The normalized spacial score (nSPS) is 11.5. The number of imidazole rings is 1. The molecule has 5 nitrogen and oxygen atoms in total. The Hall–Kier alpha value is -3.73. The zero-order valence-corrected chi connectivity index (χ0v) is 17.0. The third kappa shape index (κ3) is 2.99. The van der Waals surface area contributed by atoms with Crippen LogP contribution in [0.25, 0.3) is 21.9 Å². The number of hydrogen-bond donors (Lipinski definition) is 1. The summed E-state index contributed by atoms with van der Waals surface area (Å²) in [6, 6.07) is 24.6. The summed E-state index contributed by atoms with van der Waals surface area (Å²) in [5, 5.41) is 1.08. The molecule has 2 aromatic heterocycles. The number of fused-ring (bicyclic) bond motifs is 2. The molecular weight excluding hydrogens is 372 g/mol. The predicted molar refractivity (Wildman–Crippen MR) is 123 cm³/mol. The first-order valence-corrected chi connectivity index (χ1v) is 10.2. The van der Waals surface area contributed by atoms with Crippen LogP contribution in [0.1, 0.15) is 18.1 Å². The molecule has 30 heavy (non-hydrogen) atoms. The van der Waals surface area contributed by atoms with E-state index in [0.29, 0.717) is 13.1 Å². The molecular formula is C25H24N4O. The lowest BCUT2D eigenvalue weighted by molar-refractivity contribution is 0.684. The molecule has 0 aliphatic rings. The zero-order valence-electron chi connectivity index (χ0n) is 17.0. The minimum Gasteiger partial charge on any atom is -0.397 e. The van der Waals surface area contributed by atoms with Crippen molar-refractivity contribution in [3.05, 3.63) is 101 Å². The topological polar surface area (TPSA) is 57.9 Å². The summed E-state index contributed by atoms with van der Waals surface area (Å²) < 4.78 is 5.86. The van der Waals surface area contributed by atoms with Crippen molar-refractivity contribution in [1.29, 1.82) is 0 Å². The summed E-state index contributed by atoms with van der Waals surface area (Å²) in [5.41, 5.74) is 12.4. The summed E-state index contributed by atoms with van der Waals surface area (Å²) in [4.78, 5) is 12.9. The van der Waals surface area contributed by atoms with Gasteiger partial charge in [-0.05, 0) is 36.2 Å². The number of aryl methyl sites for hydroxylation is 1. The lowest BCUT2D eigenvalue weighted by atomic mass is 10.1. The molecule has 0 fully saturated rings. The van der Waals surface area contributed by atoms with Crippen LogP contribution in [0, 0.1) is 0 Å². The monoisotopic (exact) mass is 396 g/mol. The number of nitrogen functional groups attached to an aromatic ring is 1. The van der Waals surface area contributed by atoms with Gasteiger partial charge in [0.1, 0.15) is 0 Å². The first-order chi connectivity index (χ1) is 14.7. The molecule has 0 aliphatic carbocycles. The van der Waals surface area contributed by atoms with Crippen molar-refractivity contribution in [1.82, 2.24) is 13.7 Å². The molecule has 5 aromatic rings. The van der Waals surface area contributed by atoms with E-state index in [9.17, 15) is 4.79 Å². The standard InChI is InChI=1S/C25H24N4O/c1-2-28-23-9-5-6-10-24(23)29(25(28)30)16-19-13-11-18(12-14-19)15-27-17-21(26)20-7-3-4-8-22(20)27/h3-14,17H,2,15-16,26H2,1H3. The van der Waals surface area contributed by atoms with Gasteiger partial charge < -0.3 is 10.3 Å². The van der Waals surface area contributed by atoms with Crippen LogP contribution in [-0.2, 0) is 19.6 Å². The van der Waals surface area contributed by atoms with Crippen molar-refractivity contribution in [3.8, 4) is 0 Å². The highest BCUT2D eigenvalue weighted by molar-refractivity contribution is 5.91. The van der Waals surface area contributed by atoms with E-state index in [2.05, 4.69) is 41.0 Å². The maximum atomic E-state index is 12.9. The number of aromatic nitrogens is 3. The van der Waals surface area contributed by atoms with Crippen molar-refractivity contribution < 1.29 is 0 Å². The van der Waals surface area contributed by atoms with Crippen LogP contribution in [0.2, 0.25) is 0 Å². The van der Waals surface area contributed by atoms with Crippen LogP contribution in [0.4, 0.5) is 5.69 Å². The summed E-state index contributed by atoms with van der Waals surface area (Å²) in [6.45, 7) is 3.99. The third-order valence-corrected chi connectivity index (χ3v) is 5.78. The highest BCUT2D eigenvalue weighted by Gasteiger charge is 2.12. The molecule has 0 saturated carbocycles. The van der Waals surface area contributed by atoms with Crippen LogP contribution in [0.5, 0.6) is 0 Å². The minimum absolute atomic E-state index is 0.0389. The van der Waals surface area contributed by atoms with Crippen LogP contribution in [0.15, 0.2) is 83.8 Å². The van der Waals surface area contributed by atoms with Crippen LogP contribution >= 0.6 is 0 Å². The van der Waals surface area contributed by atoms with Crippen LogP contribution < -0.4 is 11.4 Å². The van der Waals surface area contributed by atoms with E-state index in [0.717, 1.165) is 39.7 Å². The molecule has 0 saturated heterocycles. The average molecular weight is 396 g/mol. The largest absolute Gasteiger partial charge is 0.397 e. The van der Waals surface area contributed by atoms with Crippen molar-refractivity contribution in [2.24, 2.45) is 0 Å². The molecule has 150 valence electrons. The summed E-state index contributed by atoms with van der Waals surface area (Å²) >= 11 is 0.